The molecule has 1 fully saturated rings. The van der Waals surface area contributed by atoms with Gasteiger partial charge in [0.05, 0.1) is 14.2 Å². The predicted molar refractivity (Wildman–Crippen MR) is 86.6 cm³/mol. The van der Waals surface area contributed by atoms with Crippen LogP contribution in [-0.2, 0) is 24.5 Å². The van der Waals surface area contributed by atoms with Crippen LogP contribution >= 0.6 is 0 Å². The van der Waals surface area contributed by atoms with Crippen molar-refractivity contribution in [3.8, 4) is 0 Å². The number of ether oxygens (including phenoxy) is 2. The Hall–Kier alpha value is -2.10. The summed E-state index contributed by atoms with van der Waals surface area (Å²) in [6, 6.07) is 8.24. The predicted octanol–water partition coefficient (Wildman–Crippen LogP) is 3.10. The standard InChI is InChI=1S/C19H22O4/c1-18(2)14-8-6-5-7-12(14)9-13-10-19(11-15(13)18,16(20)22-3)17(21)23-4/h5-9,15H,10-11H2,1-4H3/t15-/m0/s1. The van der Waals surface area contributed by atoms with E-state index in [1.54, 1.807) is 0 Å². The van der Waals surface area contributed by atoms with Gasteiger partial charge in [-0.05, 0) is 35.3 Å². The lowest BCUT2D eigenvalue weighted by Gasteiger charge is -2.38. The Balaban J connectivity index is 2.11. The quantitative estimate of drug-likeness (QED) is 0.622. The number of hydrogen-bond acceptors (Lipinski definition) is 4. The first-order valence-electron chi connectivity index (χ1n) is 7.83. The Morgan fingerprint density at radius 3 is 2.30 bits per heavy atom. The molecular formula is C19H22O4. The Morgan fingerprint density at radius 1 is 1.09 bits per heavy atom. The van der Waals surface area contributed by atoms with Crippen molar-refractivity contribution >= 4 is 18.0 Å². The highest BCUT2D eigenvalue weighted by molar-refractivity contribution is 6.01. The summed E-state index contributed by atoms with van der Waals surface area (Å²) in [7, 11) is 2.65. The number of rotatable bonds is 2. The van der Waals surface area contributed by atoms with Crippen molar-refractivity contribution < 1.29 is 19.1 Å². The summed E-state index contributed by atoms with van der Waals surface area (Å²) < 4.78 is 9.89. The Labute approximate surface area is 136 Å². The topological polar surface area (TPSA) is 52.6 Å². The molecular weight excluding hydrogens is 292 g/mol. The van der Waals surface area contributed by atoms with Crippen molar-refractivity contribution in [1.29, 1.82) is 0 Å². The molecule has 1 aromatic rings. The van der Waals surface area contributed by atoms with Crippen molar-refractivity contribution in [2.45, 2.75) is 32.1 Å². The molecule has 0 bridgehead atoms. The molecule has 0 spiro atoms. The fraction of sp³-hybridized carbons (Fsp3) is 0.474. The van der Waals surface area contributed by atoms with E-state index in [2.05, 4.69) is 32.1 Å². The van der Waals surface area contributed by atoms with E-state index < -0.39 is 17.4 Å². The molecule has 0 N–H and O–H groups in total. The first-order valence-corrected chi connectivity index (χ1v) is 7.83. The van der Waals surface area contributed by atoms with Crippen molar-refractivity contribution in [2.75, 3.05) is 14.2 Å². The third-order valence-corrected chi connectivity index (χ3v) is 5.53. The van der Waals surface area contributed by atoms with E-state index in [1.807, 2.05) is 12.1 Å². The highest BCUT2D eigenvalue weighted by Crippen LogP contribution is 2.57. The van der Waals surface area contributed by atoms with Gasteiger partial charge in [-0.25, -0.2) is 0 Å². The van der Waals surface area contributed by atoms with Gasteiger partial charge in [-0.2, -0.15) is 0 Å². The average Bonchev–Trinajstić information content (AvgIpc) is 2.95. The van der Waals surface area contributed by atoms with Crippen LogP contribution in [0.15, 0.2) is 29.8 Å². The van der Waals surface area contributed by atoms with E-state index in [0.29, 0.717) is 12.8 Å². The summed E-state index contributed by atoms with van der Waals surface area (Å²) in [6.45, 7) is 4.35. The molecule has 4 nitrogen and oxygen atoms in total. The fourth-order valence-corrected chi connectivity index (χ4v) is 4.28. The molecule has 122 valence electrons. The number of methoxy groups -OCH3 is 2. The minimum absolute atomic E-state index is 0.121. The van der Waals surface area contributed by atoms with E-state index in [9.17, 15) is 9.59 Å². The van der Waals surface area contributed by atoms with Gasteiger partial charge >= 0.3 is 11.9 Å². The van der Waals surface area contributed by atoms with Gasteiger partial charge in [0.15, 0.2) is 5.41 Å². The number of esters is 2. The lowest BCUT2D eigenvalue weighted by molar-refractivity contribution is -0.168. The van der Waals surface area contributed by atoms with E-state index in [-0.39, 0.29) is 11.3 Å². The molecule has 2 aliphatic carbocycles. The second kappa shape index (κ2) is 5.22. The molecule has 1 atom stereocenters. The first-order chi connectivity index (χ1) is 10.9. The van der Waals surface area contributed by atoms with Crippen LogP contribution in [0.5, 0.6) is 0 Å². The zero-order valence-electron chi connectivity index (χ0n) is 14.0. The van der Waals surface area contributed by atoms with Crippen LogP contribution in [0.4, 0.5) is 0 Å². The minimum atomic E-state index is -1.22. The van der Waals surface area contributed by atoms with Gasteiger partial charge < -0.3 is 9.47 Å². The smallest absolute Gasteiger partial charge is 0.323 e. The summed E-state index contributed by atoms with van der Waals surface area (Å²) >= 11 is 0. The van der Waals surface area contributed by atoms with Crippen LogP contribution in [0.1, 0.15) is 37.8 Å². The summed E-state index contributed by atoms with van der Waals surface area (Å²) in [5.41, 5.74) is 2.17. The normalized spacial score (nSPS) is 23.3. The molecule has 0 heterocycles. The molecule has 2 aliphatic rings. The average molecular weight is 314 g/mol. The van der Waals surface area contributed by atoms with Gasteiger partial charge in [-0.1, -0.05) is 49.8 Å². The summed E-state index contributed by atoms with van der Waals surface area (Å²) in [5, 5.41) is 0. The molecule has 0 radical (unpaired) electrons. The summed E-state index contributed by atoms with van der Waals surface area (Å²) in [4.78, 5) is 24.8. The Bertz CT molecular complexity index is 683. The van der Waals surface area contributed by atoms with Crippen LogP contribution in [0.2, 0.25) is 0 Å². The van der Waals surface area contributed by atoms with Crippen LogP contribution in [0, 0.1) is 11.3 Å². The molecule has 0 aromatic heterocycles. The van der Waals surface area contributed by atoms with Crippen LogP contribution in [-0.4, -0.2) is 26.2 Å². The zero-order valence-corrected chi connectivity index (χ0v) is 14.0. The maximum Gasteiger partial charge on any atom is 0.323 e. The molecule has 4 heteroatoms. The van der Waals surface area contributed by atoms with Crippen molar-refractivity contribution in [1.82, 2.24) is 0 Å². The lowest BCUT2D eigenvalue weighted by Crippen LogP contribution is -2.40. The van der Waals surface area contributed by atoms with Gasteiger partial charge in [0, 0.05) is 0 Å². The summed E-state index contributed by atoms with van der Waals surface area (Å²) in [5.74, 6) is -0.880. The number of hydrogen-bond donors (Lipinski definition) is 0. The highest BCUT2D eigenvalue weighted by Gasteiger charge is 2.59. The van der Waals surface area contributed by atoms with Crippen LogP contribution < -0.4 is 0 Å². The van der Waals surface area contributed by atoms with E-state index in [1.165, 1.54) is 19.8 Å². The van der Waals surface area contributed by atoms with Gasteiger partial charge in [-0.15, -0.1) is 0 Å². The molecule has 3 rings (SSSR count). The van der Waals surface area contributed by atoms with Crippen molar-refractivity contribution in [3.63, 3.8) is 0 Å². The highest BCUT2D eigenvalue weighted by atomic mass is 16.5. The van der Waals surface area contributed by atoms with Gasteiger partial charge in [0.2, 0.25) is 0 Å². The van der Waals surface area contributed by atoms with Gasteiger partial charge in [-0.3, -0.25) is 9.59 Å². The zero-order chi connectivity index (χ0) is 16.8. The number of benzene rings is 1. The van der Waals surface area contributed by atoms with E-state index in [4.69, 9.17) is 9.47 Å². The molecule has 23 heavy (non-hydrogen) atoms. The SMILES string of the molecule is COC(=O)C1(C(=O)OC)CC2=Cc3ccccc3C(C)(C)[C@H]2C1. The largest absolute Gasteiger partial charge is 0.468 e. The maximum absolute atomic E-state index is 12.4. The molecule has 1 saturated carbocycles. The van der Waals surface area contributed by atoms with Crippen molar-refractivity contribution in [3.05, 3.63) is 41.0 Å². The van der Waals surface area contributed by atoms with Gasteiger partial charge in [0.25, 0.3) is 0 Å². The summed E-state index contributed by atoms with van der Waals surface area (Å²) in [6.07, 6.45) is 2.92. The molecule has 0 unspecified atom stereocenters. The fourth-order valence-electron chi connectivity index (χ4n) is 4.28. The molecule has 1 aromatic carbocycles. The monoisotopic (exact) mass is 314 g/mol. The van der Waals surface area contributed by atoms with E-state index in [0.717, 1.165) is 11.1 Å². The Morgan fingerprint density at radius 2 is 1.70 bits per heavy atom. The number of carbonyl (C=O) groups excluding carboxylic acids is 2. The second-order valence-corrected chi connectivity index (χ2v) is 7.03. The second-order valence-electron chi connectivity index (χ2n) is 7.03. The van der Waals surface area contributed by atoms with Crippen molar-refractivity contribution in [2.24, 2.45) is 11.3 Å². The molecule has 0 amide bonds. The third-order valence-electron chi connectivity index (χ3n) is 5.53. The van der Waals surface area contributed by atoms with Gasteiger partial charge in [0.1, 0.15) is 0 Å². The number of allylic oxidation sites excluding steroid dienone is 1. The molecule has 0 saturated heterocycles. The maximum atomic E-state index is 12.4. The van der Waals surface area contributed by atoms with Crippen LogP contribution in [0.3, 0.4) is 0 Å². The number of fused-ring (bicyclic) bond motifs is 2. The minimum Gasteiger partial charge on any atom is -0.468 e. The van der Waals surface area contributed by atoms with E-state index >= 15 is 0 Å². The first kappa shape index (κ1) is 15.8. The van der Waals surface area contributed by atoms with Crippen LogP contribution in [0.25, 0.3) is 6.08 Å². The lowest BCUT2D eigenvalue weighted by atomic mass is 9.66. The molecule has 0 aliphatic heterocycles. The Kier molecular flexibility index (Phi) is 3.58. The third kappa shape index (κ3) is 2.12. The number of carbonyl (C=O) groups is 2.